The third-order valence-electron chi connectivity index (χ3n) is 6.12. The Labute approximate surface area is 226 Å². The smallest absolute Gasteiger partial charge is 0.249 e. The Bertz CT molecular complexity index is 1270. The molecular formula is C27H30Cl2N4O4. The summed E-state index contributed by atoms with van der Waals surface area (Å²) in [4.78, 5) is 17.1. The lowest BCUT2D eigenvalue weighted by atomic mass is 10.1. The highest BCUT2D eigenvalue weighted by Crippen LogP contribution is 2.35. The van der Waals surface area contributed by atoms with Crippen LogP contribution in [0, 0.1) is 0 Å². The molecule has 2 heterocycles. The van der Waals surface area contributed by atoms with E-state index >= 15 is 0 Å². The zero-order valence-electron chi connectivity index (χ0n) is 21.0. The van der Waals surface area contributed by atoms with Crippen molar-refractivity contribution in [1.82, 2.24) is 9.80 Å². The van der Waals surface area contributed by atoms with Crippen LogP contribution in [0.25, 0.3) is 11.1 Å². The third-order valence-corrected chi connectivity index (χ3v) is 6.73. The zero-order chi connectivity index (χ0) is 26.4. The van der Waals surface area contributed by atoms with Gasteiger partial charge in [0.1, 0.15) is 17.3 Å². The lowest BCUT2D eigenvalue weighted by molar-refractivity contribution is -0.111. The lowest BCUT2D eigenvalue weighted by Crippen LogP contribution is -2.43. The van der Waals surface area contributed by atoms with Gasteiger partial charge in [-0.15, -0.1) is 0 Å². The van der Waals surface area contributed by atoms with Gasteiger partial charge in [-0.1, -0.05) is 23.2 Å². The first kappa shape index (κ1) is 26.9. The maximum atomic E-state index is 12.4. The number of furan rings is 1. The van der Waals surface area contributed by atoms with Crippen LogP contribution < -0.4 is 20.1 Å². The molecule has 2 aromatic carbocycles. The summed E-state index contributed by atoms with van der Waals surface area (Å²) in [6, 6.07) is 10.8. The van der Waals surface area contributed by atoms with Gasteiger partial charge in [-0.05, 0) is 37.4 Å². The molecule has 1 aliphatic heterocycles. The lowest BCUT2D eigenvalue weighted by Gasteiger charge is -2.31. The summed E-state index contributed by atoms with van der Waals surface area (Å²) in [5.41, 5.74) is 3.00. The van der Waals surface area contributed by atoms with Crippen LogP contribution in [0.3, 0.4) is 0 Å². The molecule has 2 N–H and O–H groups in total. The molecule has 0 atom stereocenters. The minimum Gasteiger partial charge on any atom is -0.496 e. The van der Waals surface area contributed by atoms with E-state index in [2.05, 4.69) is 27.5 Å². The van der Waals surface area contributed by atoms with Crippen molar-refractivity contribution in [3.05, 3.63) is 70.7 Å². The first-order valence-electron chi connectivity index (χ1n) is 11.8. The molecule has 1 saturated heterocycles. The van der Waals surface area contributed by atoms with Crippen LogP contribution in [0.4, 0.5) is 11.4 Å². The van der Waals surface area contributed by atoms with Gasteiger partial charge < -0.3 is 29.4 Å². The van der Waals surface area contributed by atoms with E-state index in [1.54, 1.807) is 25.6 Å². The van der Waals surface area contributed by atoms with E-state index in [4.69, 9.17) is 37.1 Å². The predicted molar refractivity (Wildman–Crippen MR) is 148 cm³/mol. The van der Waals surface area contributed by atoms with E-state index < -0.39 is 0 Å². The molecule has 1 amide bonds. The van der Waals surface area contributed by atoms with Crippen molar-refractivity contribution in [1.29, 1.82) is 0 Å². The number of carbonyl (C=O) groups is 1. The van der Waals surface area contributed by atoms with E-state index in [9.17, 15) is 4.79 Å². The Morgan fingerprint density at radius 1 is 1.03 bits per heavy atom. The van der Waals surface area contributed by atoms with Crippen LogP contribution in [0.2, 0.25) is 10.0 Å². The van der Waals surface area contributed by atoms with Crippen LogP contribution in [0.5, 0.6) is 11.5 Å². The van der Waals surface area contributed by atoms with Gasteiger partial charge in [0, 0.05) is 61.3 Å². The Hall–Kier alpha value is -3.17. The highest BCUT2D eigenvalue weighted by Gasteiger charge is 2.17. The number of benzene rings is 2. The second kappa shape index (κ2) is 12.4. The molecule has 1 fully saturated rings. The maximum Gasteiger partial charge on any atom is 0.249 e. The number of nitrogens with zero attached hydrogens (tertiary/aromatic N) is 2. The van der Waals surface area contributed by atoms with Crippen LogP contribution in [0.1, 0.15) is 5.76 Å². The number of ether oxygens (including phenoxy) is 2. The fraction of sp³-hybridized carbons (Fsp3) is 0.296. The van der Waals surface area contributed by atoms with Crippen LogP contribution in [-0.4, -0.2) is 63.2 Å². The molecule has 4 rings (SSSR count). The topological polar surface area (TPSA) is 79.2 Å². The molecule has 0 spiro atoms. The molecule has 8 nitrogen and oxygen atoms in total. The number of likely N-dealkylation sites (N-methyl/N-ethyl adjacent to an activating group) is 1. The molecule has 0 saturated carbocycles. The second-order valence-electron chi connectivity index (χ2n) is 8.73. The summed E-state index contributed by atoms with van der Waals surface area (Å²) >= 11 is 12.2. The van der Waals surface area contributed by atoms with Crippen molar-refractivity contribution in [2.75, 3.05) is 58.1 Å². The van der Waals surface area contributed by atoms with E-state index in [0.29, 0.717) is 21.5 Å². The van der Waals surface area contributed by atoms with Crippen LogP contribution in [-0.2, 0) is 11.3 Å². The van der Waals surface area contributed by atoms with E-state index in [0.717, 1.165) is 61.0 Å². The van der Waals surface area contributed by atoms with Gasteiger partial charge >= 0.3 is 0 Å². The zero-order valence-corrected chi connectivity index (χ0v) is 22.5. The van der Waals surface area contributed by atoms with Gasteiger partial charge in [0.25, 0.3) is 0 Å². The molecule has 1 aliphatic rings. The molecule has 0 aliphatic carbocycles. The van der Waals surface area contributed by atoms with Gasteiger partial charge in [-0.2, -0.15) is 0 Å². The number of amides is 1. The van der Waals surface area contributed by atoms with Gasteiger partial charge in [0.2, 0.25) is 5.91 Å². The number of nitrogens with one attached hydrogen (secondary N) is 2. The third kappa shape index (κ3) is 6.99. The van der Waals surface area contributed by atoms with Crippen LogP contribution in [0.15, 0.2) is 59.4 Å². The summed E-state index contributed by atoms with van der Waals surface area (Å²) in [7, 11) is 5.27. The first-order valence-corrected chi connectivity index (χ1v) is 12.6. The van der Waals surface area contributed by atoms with Crippen molar-refractivity contribution in [3.63, 3.8) is 0 Å². The van der Waals surface area contributed by atoms with Crippen molar-refractivity contribution < 1.29 is 18.7 Å². The van der Waals surface area contributed by atoms with E-state index in [1.165, 1.54) is 19.3 Å². The molecule has 37 heavy (non-hydrogen) atoms. The Balaban J connectivity index is 1.41. The van der Waals surface area contributed by atoms with Crippen molar-refractivity contribution in [2.45, 2.75) is 6.54 Å². The minimum atomic E-state index is -0.365. The Morgan fingerprint density at radius 3 is 2.51 bits per heavy atom. The van der Waals surface area contributed by atoms with Crippen molar-refractivity contribution in [2.24, 2.45) is 0 Å². The second-order valence-corrected chi connectivity index (χ2v) is 9.54. The van der Waals surface area contributed by atoms with Crippen LogP contribution >= 0.6 is 23.2 Å². The number of rotatable bonds is 9. The maximum absolute atomic E-state index is 12.4. The van der Waals surface area contributed by atoms with E-state index in [-0.39, 0.29) is 5.91 Å². The fourth-order valence-corrected chi connectivity index (χ4v) is 4.53. The number of hydrogen-bond donors (Lipinski definition) is 2. The first-order chi connectivity index (χ1) is 17.9. The molecule has 1 aromatic heterocycles. The molecular weight excluding hydrogens is 515 g/mol. The van der Waals surface area contributed by atoms with Crippen molar-refractivity contribution >= 4 is 40.5 Å². The average Bonchev–Trinajstić information content (AvgIpc) is 3.35. The van der Waals surface area contributed by atoms with Gasteiger partial charge in [0.15, 0.2) is 0 Å². The number of methoxy groups -OCH3 is 2. The Morgan fingerprint density at radius 2 is 1.78 bits per heavy atom. The highest BCUT2D eigenvalue weighted by atomic mass is 35.5. The average molecular weight is 545 g/mol. The SMILES string of the molecule is COc1cc(NC(=O)/C=C/Nc2ccc(OC)c(-c3coc(CN4CCN(C)CC4)c3)c2)c(Cl)cc1Cl. The van der Waals surface area contributed by atoms with E-state index in [1.807, 2.05) is 24.3 Å². The normalized spacial score (nSPS) is 14.6. The number of hydrogen-bond acceptors (Lipinski definition) is 7. The molecule has 0 unspecified atom stereocenters. The highest BCUT2D eigenvalue weighted by molar-refractivity contribution is 6.37. The Kier molecular flexibility index (Phi) is 9.00. The summed E-state index contributed by atoms with van der Waals surface area (Å²) in [5.74, 6) is 1.69. The molecule has 3 aromatic rings. The summed E-state index contributed by atoms with van der Waals surface area (Å²) < 4.78 is 16.6. The minimum absolute atomic E-state index is 0.312. The largest absolute Gasteiger partial charge is 0.496 e. The number of halogens is 2. The van der Waals surface area contributed by atoms with Gasteiger partial charge in [-0.25, -0.2) is 0 Å². The van der Waals surface area contributed by atoms with Crippen molar-refractivity contribution in [3.8, 4) is 22.6 Å². The summed E-state index contributed by atoms with van der Waals surface area (Å²) in [6.45, 7) is 4.93. The monoisotopic (exact) mass is 544 g/mol. The standard InChI is InChI=1S/C27H30Cl2N4O4/c1-32-8-10-33(11-9-32)16-20-12-18(17-37-20)21-13-19(4-5-25(21)35-2)30-7-6-27(34)31-24-15-26(36-3)23(29)14-22(24)28/h4-7,12-15,17,30H,8-11,16H2,1-3H3,(H,31,34)/b7-6+. The molecule has 196 valence electrons. The fourth-order valence-electron chi connectivity index (χ4n) is 4.02. The number of carbonyl (C=O) groups excluding carboxylic acids is 1. The van der Waals surface area contributed by atoms with Gasteiger partial charge in [-0.3, -0.25) is 9.69 Å². The summed E-state index contributed by atoms with van der Waals surface area (Å²) in [5, 5.41) is 6.52. The number of anilines is 2. The predicted octanol–water partition coefficient (Wildman–Crippen LogP) is 5.58. The molecule has 10 heteroatoms. The van der Waals surface area contributed by atoms with Gasteiger partial charge in [0.05, 0.1) is 42.8 Å². The molecule has 0 radical (unpaired) electrons. The molecule has 0 bridgehead atoms. The quantitative estimate of drug-likeness (QED) is 0.340. The summed E-state index contributed by atoms with van der Waals surface area (Å²) in [6.07, 6.45) is 4.67. The number of piperazine rings is 1.